The molecular weight excluding hydrogens is 252 g/mol. The van der Waals surface area contributed by atoms with Crippen molar-refractivity contribution in [3.8, 4) is 0 Å². The van der Waals surface area contributed by atoms with E-state index >= 15 is 0 Å². The van der Waals surface area contributed by atoms with Crippen molar-refractivity contribution < 1.29 is 0 Å². The van der Waals surface area contributed by atoms with Crippen LogP contribution < -0.4 is 10.6 Å². The van der Waals surface area contributed by atoms with Gasteiger partial charge >= 0.3 is 0 Å². The Morgan fingerprint density at radius 3 is 2.73 bits per heavy atom. The first-order chi connectivity index (χ1) is 7.24. The van der Waals surface area contributed by atoms with Gasteiger partial charge in [0.15, 0.2) is 0 Å². The maximum absolute atomic E-state index is 3.47. The van der Waals surface area contributed by atoms with Gasteiger partial charge in [-0.2, -0.15) is 0 Å². The van der Waals surface area contributed by atoms with E-state index in [9.17, 15) is 0 Å². The van der Waals surface area contributed by atoms with Crippen molar-refractivity contribution >= 4 is 15.9 Å². The normalized spacial score (nSPS) is 10.6. The molecule has 1 aromatic rings. The van der Waals surface area contributed by atoms with Gasteiger partial charge in [-0.15, -0.1) is 0 Å². The smallest absolute Gasteiger partial charge is 0.0208 e. The van der Waals surface area contributed by atoms with Crippen LogP contribution in [0.5, 0.6) is 0 Å². The molecule has 0 aromatic heterocycles. The molecule has 0 atom stereocenters. The Balaban J connectivity index is 2.31. The van der Waals surface area contributed by atoms with Gasteiger partial charge in [0.05, 0.1) is 0 Å². The van der Waals surface area contributed by atoms with Crippen LogP contribution in [-0.2, 0) is 6.54 Å². The van der Waals surface area contributed by atoms with Gasteiger partial charge in [0, 0.05) is 11.0 Å². The number of nitrogens with one attached hydrogen (secondary N) is 2. The number of benzene rings is 1. The summed E-state index contributed by atoms with van der Waals surface area (Å²) in [7, 11) is 1.98. The van der Waals surface area contributed by atoms with Gasteiger partial charge in [0.2, 0.25) is 0 Å². The van der Waals surface area contributed by atoms with Gasteiger partial charge in [0.25, 0.3) is 0 Å². The van der Waals surface area contributed by atoms with Crippen molar-refractivity contribution in [3.05, 3.63) is 33.8 Å². The highest BCUT2D eigenvalue weighted by molar-refractivity contribution is 9.10. The Kier molecular flexibility index (Phi) is 5.91. The van der Waals surface area contributed by atoms with Crippen LogP contribution in [0.25, 0.3) is 0 Å². The maximum Gasteiger partial charge on any atom is 0.0208 e. The standard InChI is InChI=1S/C12H19BrN2/c1-10-8-12(13)5-4-11(10)9-15-7-3-6-14-2/h4-5,8,14-15H,3,6-7,9H2,1-2H3. The van der Waals surface area contributed by atoms with Crippen LogP contribution in [0.1, 0.15) is 17.5 Å². The second kappa shape index (κ2) is 6.99. The number of rotatable bonds is 6. The number of halogens is 1. The van der Waals surface area contributed by atoms with Crippen LogP contribution in [0.2, 0.25) is 0 Å². The molecule has 15 heavy (non-hydrogen) atoms. The Morgan fingerprint density at radius 1 is 1.27 bits per heavy atom. The second-order valence-corrected chi connectivity index (χ2v) is 4.62. The molecule has 0 spiro atoms. The molecule has 0 unspecified atom stereocenters. The molecule has 0 aliphatic carbocycles. The van der Waals surface area contributed by atoms with E-state index in [0.717, 1.165) is 24.1 Å². The van der Waals surface area contributed by atoms with Crippen molar-refractivity contribution in [2.24, 2.45) is 0 Å². The van der Waals surface area contributed by atoms with Gasteiger partial charge in [-0.25, -0.2) is 0 Å². The van der Waals surface area contributed by atoms with E-state index in [1.165, 1.54) is 17.5 Å². The highest BCUT2D eigenvalue weighted by atomic mass is 79.9. The summed E-state index contributed by atoms with van der Waals surface area (Å²) in [5.74, 6) is 0. The van der Waals surface area contributed by atoms with Gasteiger partial charge in [-0.1, -0.05) is 22.0 Å². The molecular formula is C12H19BrN2. The predicted molar refractivity (Wildman–Crippen MR) is 69.1 cm³/mol. The van der Waals surface area contributed by atoms with Crippen molar-refractivity contribution in [1.29, 1.82) is 0 Å². The molecule has 84 valence electrons. The molecule has 1 rings (SSSR count). The first kappa shape index (κ1) is 12.7. The lowest BCUT2D eigenvalue weighted by molar-refractivity contribution is 0.624. The lowest BCUT2D eigenvalue weighted by Crippen LogP contribution is -2.19. The average Bonchev–Trinajstić information content (AvgIpc) is 2.20. The largest absolute Gasteiger partial charge is 0.320 e. The summed E-state index contributed by atoms with van der Waals surface area (Å²) >= 11 is 3.47. The van der Waals surface area contributed by atoms with Crippen LogP contribution in [0.3, 0.4) is 0 Å². The lowest BCUT2D eigenvalue weighted by atomic mass is 10.1. The molecule has 0 saturated carbocycles. The van der Waals surface area contributed by atoms with E-state index in [0.29, 0.717) is 0 Å². The highest BCUT2D eigenvalue weighted by Gasteiger charge is 1.98. The Bertz CT molecular complexity index is 300. The predicted octanol–water partition coefficient (Wildman–Crippen LogP) is 2.46. The zero-order chi connectivity index (χ0) is 11.1. The van der Waals surface area contributed by atoms with Crippen molar-refractivity contribution in [1.82, 2.24) is 10.6 Å². The molecule has 2 N–H and O–H groups in total. The maximum atomic E-state index is 3.47. The average molecular weight is 271 g/mol. The fraction of sp³-hybridized carbons (Fsp3) is 0.500. The zero-order valence-corrected chi connectivity index (χ0v) is 11.0. The summed E-state index contributed by atoms with van der Waals surface area (Å²) in [4.78, 5) is 0. The summed E-state index contributed by atoms with van der Waals surface area (Å²) in [6, 6.07) is 6.42. The summed E-state index contributed by atoms with van der Waals surface area (Å²) in [6.07, 6.45) is 1.17. The van der Waals surface area contributed by atoms with Crippen LogP contribution >= 0.6 is 15.9 Å². The third-order valence-corrected chi connectivity index (χ3v) is 2.89. The van der Waals surface area contributed by atoms with Crippen LogP contribution in [0.15, 0.2) is 22.7 Å². The minimum absolute atomic E-state index is 0.961. The number of hydrogen-bond donors (Lipinski definition) is 2. The topological polar surface area (TPSA) is 24.1 Å². The molecule has 0 heterocycles. The van der Waals surface area contributed by atoms with E-state index in [2.05, 4.69) is 51.7 Å². The summed E-state index contributed by atoms with van der Waals surface area (Å²) in [5.41, 5.74) is 2.72. The Labute approximate surface area is 101 Å². The number of hydrogen-bond acceptors (Lipinski definition) is 2. The zero-order valence-electron chi connectivity index (χ0n) is 9.44. The molecule has 0 amide bonds. The molecule has 3 heteroatoms. The van der Waals surface area contributed by atoms with E-state index < -0.39 is 0 Å². The summed E-state index contributed by atoms with van der Waals surface area (Å²) in [5, 5.41) is 6.58. The molecule has 0 radical (unpaired) electrons. The summed E-state index contributed by atoms with van der Waals surface area (Å²) in [6.45, 7) is 5.25. The lowest BCUT2D eigenvalue weighted by Gasteiger charge is -2.08. The molecule has 0 aliphatic heterocycles. The second-order valence-electron chi connectivity index (χ2n) is 3.70. The van der Waals surface area contributed by atoms with Gasteiger partial charge in [-0.05, 0) is 56.7 Å². The highest BCUT2D eigenvalue weighted by Crippen LogP contribution is 2.15. The summed E-state index contributed by atoms with van der Waals surface area (Å²) < 4.78 is 1.15. The first-order valence-electron chi connectivity index (χ1n) is 5.34. The minimum atomic E-state index is 0.961. The fourth-order valence-electron chi connectivity index (χ4n) is 1.47. The minimum Gasteiger partial charge on any atom is -0.320 e. The SMILES string of the molecule is CNCCCNCc1ccc(Br)cc1C. The number of aryl methyl sites for hydroxylation is 1. The fourth-order valence-corrected chi connectivity index (χ4v) is 1.95. The molecule has 1 aromatic carbocycles. The van der Waals surface area contributed by atoms with Crippen molar-refractivity contribution in [2.45, 2.75) is 19.9 Å². The third kappa shape index (κ3) is 4.78. The van der Waals surface area contributed by atoms with Crippen molar-refractivity contribution in [2.75, 3.05) is 20.1 Å². The van der Waals surface area contributed by atoms with E-state index in [1.54, 1.807) is 0 Å². The van der Waals surface area contributed by atoms with E-state index in [4.69, 9.17) is 0 Å². The molecule has 0 aliphatic rings. The Morgan fingerprint density at radius 2 is 2.07 bits per heavy atom. The van der Waals surface area contributed by atoms with Gasteiger partial charge in [0.1, 0.15) is 0 Å². The van der Waals surface area contributed by atoms with Gasteiger partial charge < -0.3 is 10.6 Å². The van der Waals surface area contributed by atoms with Crippen LogP contribution in [0, 0.1) is 6.92 Å². The van der Waals surface area contributed by atoms with E-state index in [1.807, 2.05) is 7.05 Å². The molecule has 0 bridgehead atoms. The van der Waals surface area contributed by atoms with E-state index in [-0.39, 0.29) is 0 Å². The molecule has 0 fully saturated rings. The molecule has 0 saturated heterocycles. The monoisotopic (exact) mass is 270 g/mol. The molecule has 2 nitrogen and oxygen atoms in total. The van der Waals surface area contributed by atoms with Crippen LogP contribution in [-0.4, -0.2) is 20.1 Å². The van der Waals surface area contributed by atoms with Gasteiger partial charge in [-0.3, -0.25) is 0 Å². The van der Waals surface area contributed by atoms with Crippen LogP contribution in [0.4, 0.5) is 0 Å². The first-order valence-corrected chi connectivity index (χ1v) is 6.13. The quantitative estimate of drug-likeness (QED) is 0.777. The Hall–Kier alpha value is -0.380. The van der Waals surface area contributed by atoms with Crippen molar-refractivity contribution in [3.63, 3.8) is 0 Å². The third-order valence-electron chi connectivity index (χ3n) is 2.40.